The molecule has 0 unspecified atom stereocenters. The summed E-state index contributed by atoms with van der Waals surface area (Å²) in [7, 11) is 1.68. The first-order chi connectivity index (χ1) is 9.60. The van der Waals surface area contributed by atoms with Crippen molar-refractivity contribution in [2.45, 2.75) is 38.8 Å². The minimum atomic E-state index is 0.187. The zero-order valence-corrected chi connectivity index (χ0v) is 12.6. The molecule has 1 saturated heterocycles. The second kappa shape index (κ2) is 6.75. The summed E-state index contributed by atoms with van der Waals surface area (Å²) >= 11 is 0. The molecule has 110 valence electrons. The molecule has 0 saturated carbocycles. The largest absolute Gasteiger partial charge is 0.497 e. The van der Waals surface area contributed by atoms with Crippen LogP contribution < -0.4 is 10.1 Å². The van der Waals surface area contributed by atoms with Gasteiger partial charge in [-0.3, -0.25) is 4.79 Å². The third-order valence-corrected chi connectivity index (χ3v) is 4.04. The van der Waals surface area contributed by atoms with Gasteiger partial charge in [0.25, 0.3) is 0 Å². The van der Waals surface area contributed by atoms with E-state index in [1.54, 1.807) is 14.0 Å². The van der Waals surface area contributed by atoms with E-state index in [0.717, 1.165) is 31.7 Å². The third-order valence-electron chi connectivity index (χ3n) is 4.04. The highest BCUT2D eigenvalue weighted by atomic mass is 16.5. The number of ether oxygens (including phenoxy) is 1. The van der Waals surface area contributed by atoms with Crippen molar-refractivity contribution in [1.29, 1.82) is 0 Å². The van der Waals surface area contributed by atoms with E-state index in [9.17, 15) is 4.79 Å². The lowest BCUT2D eigenvalue weighted by molar-refractivity contribution is -0.129. The fourth-order valence-electron chi connectivity index (χ4n) is 2.70. The number of hydrogen-bond acceptors (Lipinski definition) is 3. The molecule has 1 amide bonds. The van der Waals surface area contributed by atoms with E-state index in [4.69, 9.17) is 4.74 Å². The van der Waals surface area contributed by atoms with E-state index in [0.29, 0.717) is 12.1 Å². The third kappa shape index (κ3) is 3.73. The predicted molar refractivity (Wildman–Crippen MR) is 79.8 cm³/mol. The summed E-state index contributed by atoms with van der Waals surface area (Å²) in [6.07, 6.45) is 2.06. The van der Waals surface area contributed by atoms with Crippen LogP contribution >= 0.6 is 0 Å². The Morgan fingerprint density at radius 1 is 1.30 bits per heavy atom. The van der Waals surface area contributed by atoms with Crippen molar-refractivity contribution < 1.29 is 9.53 Å². The molecule has 0 spiro atoms. The fraction of sp³-hybridized carbons (Fsp3) is 0.562. The lowest BCUT2D eigenvalue weighted by Crippen LogP contribution is -2.44. The number of nitrogens with zero attached hydrogens (tertiary/aromatic N) is 1. The number of likely N-dealkylation sites (tertiary alicyclic amines) is 1. The van der Waals surface area contributed by atoms with Crippen LogP contribution in [0.4, 0.5) is 0 Å². The Morgan fingerprint density at radius 2 is 1.90 bits per heavy atom. The Labute approximate surface area is 121 Å². The van der Waals surface area contributed by atoms with Crippen molar-refractivity contribution in [3.63, 3.8) is 0 Å². The molecular formula is C16H24N2O2. The molecule has 1 aliphatic heterocycles. The van der Waals surface area contributed by atoms with Gasteiger partial charge < -0.3 is 15.0 Å². The van der Waals surface area contributed by atoms with Crippen LogP contribution in [0.25, 0.3) is 0 Å². The summed E-state index contributed by atoms with van der Waals surface area (Å²) in [5, 5.41) is 3.65. The van der Waals surface area contributed by atoms with Gasteiger partial charge in [0, 0.05) is 32.1 Å². The van der Waals surface area contributed by atoms with Gasteiger partial charge in [-0.15, -0.1) is 0 Å². The second-order valence-electron chi connectivity index (χ2n) is 5.44. The van der Waals surface area contributed by atoms with Crippen LogP contribution in [-0.2, 0) is 4.79 Å². The first kappa shape index (κ1) is 14.9. The molecule has 0 radical (unpaired) electrons. The highest BCUT2D eigenvalue weighted by Crippen LogP contribution is 2.20. The quantitative estimate of drug-likeness (QED) is 0.918. The van der Waals surface area contributed by atoms with E-state index in [1.165, 1.54) is 5.56 Å². The van der Waals surface area contributed by atoms with Gasteiger partial charge in [0.2, 0.25) is 5.91 Å². The van der Waals surface area contributed by atoms with Crippen molar-refractivity contribution >= 4 is 5.91 Å². The van der Waals surface area contributed by atoms with Gasteiger partial charge in [-0.25, -0.2) is 0 Å². The molecule has 1 aliphatic rings. The zero-order valence-electron chi connectivity index (χ0n) is 12.6. The van der Waals surface area contributed by atoms with Crippen LogP contribution in [0.3, 0.4) is 0 Å². The van der Waals surface area contributed by atoms with Crippen LogP contribution in [0.1, 0.15) is 38.3 Å². The minimum Gasteiger partial charge on any atom is -0.497 e. The highest BCUT2D eigenvalue weighted by Gasteiger charge is 2.21. The van der Waals surface area contributed by atoms with Crippen LogP contribution in [0.2, 0.25) is 0 Å². The van der Waals surface area contributed by atoms with Gasteiger partial charge in [0.1, 0.15) is 5.75 Å². The van der Waals surface area contributed by atoms with Crippen molar-refractivity contribution in [2.24, 2.45) is 0 Å². The average Bonchev–Trinajstić information content (AvgIpc) is 2.48. The molecule has 1 aromatic carbocycles. The lowest BCUT2D eigenvalue weighted by atomic mass is 10.0. The van der Waals surface area contributed by atoms with E-state index in [2.05, 4.69) is 24.4 Å². The Morgan fingerprint density at radius 3 is 2.40 bits per heavy atom. The summed E-state index contributed by atoms with van der Waals surface area (Å²) in [6, 6.07) is 8.98. The van der Waals surface area contributed by atoms with Crippen molar-refractivity contribution in [1.82, 2.24) is 10.2 Å². The topological polar surface area (TPSA) is 41.6 Å². The summed E-state index contributed by atoms with van der Waals surface area (Å²) in [4.78, 5) is 13.2. The zero-order chi connectivity index (χ0) is 14.5. The van der Waals surface area contributed by atoms with E-state index in [-0.39, 0.29) is 5.91 Å². The first-order valence-electron chi connectivity index (χ1n) is 7.25. The van der Waals surface area contributed by atoms with Crippen LogP contribution in [-0.4, -0.2) is 37.0 Å². The van der Waals surface area contributed by atoms with Crippen LogP contribution in [0.15, 0.2) is 24.3 Å². The molecule has 0 bridgehead atoms. The Balaban J connectivity index is 1.85. The average molecular weight is 276 g/mol. The lowest BCUT2D eigenvalue weighted by Gasteiger charge is -2.33. The fourth-order valence-corrected chi connectivity index (χ4v) is 2.70. The summed E-state index contributed by atoms with van der Waals surface area (Å²) in [6.45, 7) is 5.55. The molecule has 2 rings (SSSR count). The van der Waals surface area contributed by atoms with Gasteiger partial charge in [-0.1, -0.05) is 12.1 Å². The minimum absolute atomic E-state index is 0.187. The molecule has 4 nitrogen and oxygen atoms in total. The molecule has 4 heteroatoms. The maximum absolute atomic E-state index is 11.3. The number of hydrogen-bond donors (Lipinski definition) is 1. The maximum Gasteiger partial charge on any atom is 0.219 e. The summed E-state index contributed by atoms with van der Waals surface area (Å²) < 4.78 is 5.18. The number of nitrogens with one attached hydrogen (secondary N) is 1. The molecule has 0 aromatic heterocycles. The number of carbonyl (C=O) groups excluding carboxylic acids is 1. The standard InChI is InChI=1S/C16H24N2O2/c1-12(14-4-6-16(20-3)7-5-14)17-15-8-10-18(11-9-15)13(2)19/h4-7,12,15,17H,8-11H2,1-3H3/t12-/m1/s1. The molecule has 1 aromatic rings. The van der Waals surface area contributed by atoms with Gasteiger partial charge in [-0.2, -0.15) is 0 Å². The SMILES string of the molecule is COc1ccc([C@@H](C)NC2CCN(C(C)=O)CC2)cc1. The van der Waals surface area contributed by atoms with Gasteiger partial charge in [0.05, 0.1) is 7.11 Å². The Hall–Kier alpha value is -1.55. The molecule has 0 aliphatic carbocycles. The maximum atomic E-state index is 11.3. The number of piperidine rings is 1. The van der Waals surface area contributed by atoms with Crippen molar-refractivity contribution in [3.05, 3.63) is 29.8 Å². The molecule has 1 fully saturated rings. The summed E-state index contributed by atoms with van der Waals surface area (Å²) in [5.41, 5.74) is 1.26. The smallest absolute Gasteiger partial charge is 0.219 e. The van der Waals surface area contributed by atoms with Crippen LogP contribution in [0, 0.1) is 0 Å². The molecular weight excluding hydrogens is 252 g/mol. The van der Waals surface area contributed by atoms with Crippen molar-refractivity contribution in [2.75, 3.05) is 20.2 Å². The monoisotopic (exact) mass is 276 g/mol. The Kier molecular flexibility index (Phi) is 5.01. The van der Waals surface area contributed by atoms with Crippen molar-refractivity contribution in [3.8, 4) is 5.75 Å². The molecule has 1 heterocycles. The second-order valence-corrected chi connectivity index (χ2v) is 5.44. The molecule has 1 atom stereocenters. The number of rotatable bonds is 4. The van der Waals surface area contributed by atoms with Crippen LogP contribution in [0.5, 0.6) is 5.75 Å². The van der Waals surface area contributed by atoms with Gasteiger partial charge >= 0.3 is 0 Å². The number of methoxy groups -OCH3 is 1. The number of benzene rings is 1. The predicted octanol–water partition coefficient (Wildman–Crippen LogP) is 2.36. The normalized spacial score (nSPS) is 17.9. The van der Waals surface area contributed by atoms with E-state index in [1.807, 2.05) is 17.0 Å². The van der Waals surface area contributed by atoms with Gasteiger partial charge in [0.15, 0.2) is 0 Å². The number of amides is 1. The molecule has 20 heavy (non-hydrogen) atoms. The van der Waals surface area contributed by atoms with E-state index < -0.39 is 0 Å². The molecule has 1 N–H and O–H groups in total. The van der Waals surface area contributed by atoms with E-state index >= 15 is 0 Å². The summed E-state index contributed by atoms with van der Waals surface area (Å²) in [5.74, 6) is 1.07. The number of carbonyl (C=O) groups is 1. The Bertz CT molecular complexity index is 436. The van der Waals surface area contributed by atoms with Gasteiger partial charge in [-0.05, 0) is 37.5 Å². The first-order valence-corrected chi connectivity index (χ1v) is 7.25. The highest BCUT2D eigenvalue weighted by molar-refractivity contribution is 5.73.